The third kappa shape index (κ3) is 3.05. The Bertz CT molecular complexity index is 413. The predicted molar refractivity (Wildman–Crippen MR) is 76.7 cm³/mol. The van der Waals surface area contributed by atoms with Gasteiger partial charge in [0.2, 0.25) is 0 Å². The van der Waals surface area contributed by atoms with Crippen molar-refractivity contribution in [2.24, 2.45) is 11.8 Å². The molecule has 1 aromatic rings. The molecule has 98 valence electrons. The summed E-state index contributed by atoms with van der Waals surface area (Å²) in [5.41, 5.74) is 2.31. The highest BCUT2D eigenvalue weighted by molar-refractivity contribution is 9.08. The van der Waals surface area contributed by atoms with Crippen molar-refractivity contribution in [2.75, 3.05) is 18.0 Å². The highest BCUT2D eigenvalue weighted by atomic mass is 79.9. The van der Waals surface area contributed by atoms with Gasteiger partial charge in [0.25, 0.3) is 0 Å². The monoisotopic (exact) mass is 311 g/mol. The molecule has 0 saturated heterocycles. The quantitative estimate of drug-likeness (QED) is 0.706. The molecule has 2 saturated carbocycles. The smallest absolute Gasteiger partial charge is 0.123 e. The molecule has 0 radical (unpaired) electrons. The Morgan fingerprint density at radius 2 is 1.72 bits per heavy atom. The number of nitrogens with zero attached hydrogens (tertiary/aromatic N) is 1. The maximum Gasteiger partial charge on any atom is 0.123 e. The van der Waals surface area contributed by atoms with Gasteiger partial charge in [-0.2, -0.15) is 0 Å². The predicted octanol–water partition coefficient (Wildman–Crippen LogP) is 4.35. The molecule has 2 aliphatic rings. The van der Waals surface area contributed by atoms with E-state index in [0.29, 0.717) is 0 Å². The second-order valence-electron chi connectivity index (χ2n) is 5.70. The van der Waals surface area contributed by atoms with E-state index in [1.54, 1.807) is 12.1 Å². The Morgan fingerprint density at radius 3 is 2.22 bits per heavy atom. The summed E-state index contributed by atoms with van der Waals surface area (Å²) in [4.78, 5) is 2.49. The number of hydrogen-bond acceptors (Lipinski definition) is 1. The van der Waals surface area contributed by atoms with E-state index in [-0.39, 0.29) is 5.82 Å². The van der Waals surface area contributed by atoms with E-state index in [2.05, 4.69) is 20.8 Å². The third-order valence-corrected chi connectivity index (χ3v) is 4.48. The summed E-state index contributed by atoms with van der Waals surface area (Å²) in [7, 11) is 0. The van der Waals surface area contributed by atoms with Gasteiger partial charge < -0.3 is 4.90 Å². The van der Waals surface area contributed by atoms with Gasteiger partial charge in [-0.05, 0) is 61.3 Å². The molecule has 18 heavy (non-hydrogen) atoms. The van der Waals surface area contributed by atoms with Crippen molar-refractivity contribution < 1.29 is 4.39 Å². The second-order valence-corrected chi connectivity index (χ2v) is 6.26. The lowest BCUT2D eigenvalue weighted by molar-refractivity contribution is 0.624. The topological polar surface area (TPSA) is 3.24 Å². The van der Waals surface area contributed by atoms with Crippen molar-refractivity contribution in [1.29, 1.82) is 0 Å². The minimum absolute atomic E-state index is 0.133. The summed E-state index contributed by atoms with van der Waals surface area (Å²) >= 11 is 3.48. The number of benzene rings is 1. The molecule has 0 amide bonds. The first kappa shape index (κ1) is 12.5. The molecule has 3 rings (SSSR count). The van der Waals surface area contributed by atoms with Gasteiger partial charge in [-0.15, -0.1) is 0 Å². The van der Waals surface area contributed by atoms with Crippen LogP contribution in [0.5, 0.6) is 0 Å². The largest absolute Gasteiger partial charge is 0.371 e. The molecule has 1 aromatic carbocycles. The summed E-state index contributed by atoms with van der Waals surface area (Å²) < 4.78 is 13.3. The second kappa shape index (κ2) is 5.20. The number of alkyl halides is 1. The molecule has 0 atom stereocenters. The molecular formula is C15H19BrFN. The van der Waals surface area contributed by atoms with E-state index in [9.17, 15) is 4.39 Å². The highest BCUT2D eigenvalue weighted by Crippen LogP contribution is 2.37. The third-order valence-electron chi connectivity index (χ3n) is 3.88. The Kier molecular flexibility index (Phi) is 3.60. The number of anilines is 1. The van der Waals surface area contributed by atoms with Gasteiger partial charge in [0, 0.05) is 24.1 Å². The van der Waals surface area contributed by atoms with Crippen LogP contribution in [0.25, 0.3) is 0 Å². The fourth-order valence-electron chi connectivity index (χ4n) is 2.47. The first-order valence-corrected chi connectivity index (χ1v) is 7.97. The van der Waals surface area contributed by atoms with E-state index in [1.165, 1.54) is 31.4 Å². The van der Waals surface area contributed by atoms with Gasteiger partial charge in [0.1, 0.15) is 5.82 Å². The molecule has 2 fully saturated rings. The van der Waals surface area contributed by atoms with Crippen LogP contribution >= 0.6 is 15.9 Å². The fourth-order valence-corrected chi connectivity index (χ4v) is 2.91. The van der Waals surface area contributed by atoms with Gasteiger partial charge in [-0.1, -0.05) is 15.9 Å². The lowest BCUT2D eigenvalue weighted by Gasteiger charge is -2.27. The molecule has 1 nitrogen and oxygen atoms in total. The van der Waals surface area contributed by atoms with Gasteiger partial charge in [-0.3, -0.25) is 0 Å². The lowest BCUT2D eigenvalue weighted by atomic mass is 10.1. The van der Waals surface area contributed by atoms with E-state index >= 15 is 0 Å². The molecule has 0 bridgehead atoms. The minimum atomic E-state index is -0.133. The van der Waals surface area contributed by atoms with Gasteiger partial charge in [0.15, 0.2) is 0 Å². The van der Waals surface area contributed by atoms with Crippen LogP contribution in [0, 0.1) is 17.7 Å². The average molecular weight is 312 g/mol. The maximum absolute atomic E-state index is 13.3. The number of hydrogen-bond donors (Lipinski definition) is 0. The van der Waals surface area contributed by atoms with Crippen LogP contribution in [-0.4, -0.2) is 13.1 Å². The zero-order valence-electron chi connectivity index (χ0n) is 10.5. The van der Waals surface area contributed by atoms with E-state index in [4.69, 9.17) is 0 Å². The normalized spacial score (nSPS) is 19.0. The van der Waals surface area contributed by atoms with Crippen LogP contribution in [-0.2, 0) is 5.33 Å². The van der Waals surface area contributed by atoms with Crippen LogP contribution in [0.4, 0.5) is 10.1 Å². The summed E-state index contributed by atoms with van der Waals surface area (Å²) in [5.74, 6) is 1.61. The molecule has 0 spiro atoms. The Hall–Kier alpha value is -0.570. The number of rotatable bonds is 6. The van der Waals surface area contributed by atoms with Crippen molar-refractivity contribution in [3.8, 4) is 0 Å². The van der Waals surface area contributed by atoms with Crippen LogP contribution in [0.1, 0.15) is 31.2 Å². The van der Waals surface area contributed by atoms with Crippen molar-refractivity contribution in [3.63, 3.8) is 0 Å². The standard InChI is InChI=1S/C15H19BrFN/c16-8-13-7-14(17)5-6-15(13)18(9-11-1-2-11)10-12-3-4-12/h5-7,11-12H,1-4,8-10H2. The Balaban J connectivity index is 1.81. The van der Waals surface area contributed by atoms with Crippen LogP contribution in [0.3, 0.4) is 0 Å². The molecule has 3 heteroatoms. The van der Waals surface area contributed by atoms with Crippen molar-refractivity contribution >= 4 is 21.6 Å². The van der Waals surface area contributed by atoms with Crippen molar-refractivity contribution in [1.82, 2.24) is 0 Å². The zero-order chi connectivity index (χ0) is 12.5. The molecule has 2 aliphatic carbocycles. The van der Waals surface area contributed by atoms with Crippen LogP contribution in [0.2, 0.25) is 0 Å². The lowest BCUT2D eigenvalue weighted by Crippen LogP contribution is -2.29. The first-order chi connectivity index (χ1) is 8.76. The molecule has 0 heterocycles. The van der Waals surface area contributed by atoms with Crippen molar-refractivity contribution in [3.05, 3.63) is 29.6 Å². The van der Waals surface area contributed by atoms with Crippen LogP contribution in [0.15, 0.2) is 18.2 Å². The van der Waals surface area contributed by atoms with E-state index < -0.39 is 0 Å². The van der Waals surface area contributed by atoms with Gasteiger partial charge in [0.05, 0.1) is 0 Å². The van der Waals surface area contributed by atoms with E-state index in [1.807, 2.05) is 6.07 Å². The van der Waals surface area contributed by atoms with Crippen LogP contribution < -0.4 is 4.90 Å². The summed E-state index contributed by atoms with van der Waals surface area (Å²) in [6.07, 6.45) is 5.47. The minimum Gasteiger partial charge on any atom is -0.371 e. The molecule has 0 aliphatic heterocycles. The summed E-state index contributed by atoms with van der Waals surface area (Å²) in [6, 6.07) is 5.21. The zero-order valence-corrected chi connectivity index (χ0v) is 12.1. The molecular weight excluding hydrogens is 293 g/mol. The van der Waals surface area contributed by atoms with Gasteiger partial charge in [-0.25, -0.2) is 4.39 Å². The Labute approximate surface area is 116 Å². The molecule has 0 N–H and O–H groups in total. The summed E-state index contributed by atoms with van der Waals surface area (Å²) in [5, 5.41) is 0.728. The fraction of sp³-hybridized carbons (Fsp3) is 0.600. The highest BCUT2D eigenvalue weighted by Gasteiger charge is 2.30. The van der Waals surface area contributed by atoms with Crippen molar-refractivity contribution in [2.45, 2.75) is 31.0 Å². The van der Waals surface area contributed by atoms with E-state index in [0.717, 1.165) is 35.8 Å². The first-order valence-electron chi connectivity index (χ1n) is 6.85. The van der Waals surface area contributed by atoms with Gasteiger partial charge >= 0.3 is 0 Å². The SMILES string of the molecule is Fc1ccc(N(CC2CC2)CC2CC2)c(CBr)c1. The molecule has 0 aromatic heterocycles. The average Bonchev–Trinajstić information content (AvgIpc) is 3.23. The summed E-state index contributed by atoms with van der Waals surface area (Å²) in [6.45, 7) is 2.31. The maximum atomic E-state index is 13.3. The Morgan fingerprint density at radius 1 is 1.11 bits per heavy atom. The number of halogens is 2. The molecule has 0 unspecified atom stereocenters.